The Balaban J connectivity index is 1.54. The van der Waals surface area contributed by atoms with Gasteiger partial charge in [0, 0.05) is 30.7 Å². The van der Waals surface area contributed by atoms with Gasteiger partial charge in [0.05, 0.1) is 17.8 Å². The number of ether oxygens (including phenoxy) is 1. The molecule has 0 spiro atoms. The predicted molar refractivity (Wildman–Crippen MR) is 96.8 cm³/mol. The molecule has 1 aliphatic heterocycles. The van der Waals surface area contributed by atoms with E-state index in [1.165, 1.54) is 4.88 Å². The summed E-state index contributed by atoms with van der Waals surface area (Å²) < 4.78 is 5.74. The Morgan fingerprint density at radius 3 is 2.75 bits per heavy atom. The quantitative estimate of drug-likeness (QED) is 0.905. The fourth-order valence-corrected chi connectivity index (χ4v) is 3.64. The Morgan fingerprint density at radius 1 is 1.33 bits per heavy atom. The monoisotopic (exact) mass is 345 g/mol. The zero-order chi connectivity index (χ0) is 16.9. The van der Waals surface area contributed by atoms with E-state index in [0.29, 0.717) is 12.1 Å². The number of carbonyl (C=O) groups is 1. The van der Waals surface area contributed by atoms with Gasteiger partial charge >= 0.3 is 0 Å². The summed E-state index contributed by atoms with van der Waals surface area (Å²) in [7, 11) is 0. The van der Waals surface area contributed by atoms with Gasteiger partial charge in [-0.3, -0.25) is 4.79 Å². The van der Waals surface area contributed by atoms with Crippen molar-refractivity contribution in [2.45, 2.75) is 32.5 Å². The third-order valence-corrected chi connectivity index (χ3v) is 4.93. The second-order valence-corrected chi connectivity index (χ2v) is 7.18. The summed E-state index contributed by atoms with van der Waals surface area (Å²) in [5, 5.41) is 4.99. The largest absolute Gasteiger partial charge is 0.372 e. The number of carbonyl (C=O) groups excluding carboxylic acids is 1. The molecule has 1 saturated heterocycles. The topological polar surface area (TPSA) is 54.5 Å². The summed E-state index contributed by atoms with van der Waals surface area (Å²) in [4.78, 5) is 20.1. The van der Waals surface area contributed by atoms with Crippen molar-refractivity contribution in [1.82, 2.24) is 10.3 Å². The molecule has 1 amide bonds. The molecule has 6 heteroatoms. The van der Waals surface area contributed by atoms with Gasteiger partial charge in [0.2, 0.25) is 0 Å². The molecular formula is C18H23N3O2S. The molecule has 0 bridgehead atoms. The standard InChI is InChI=1S/C18H23N3O2S/c1-13-11-21(12-14(2)23-13)17-6-5-15(10-20-17)18(22)19-8-7-16-4-3-9-24-16/h3-6,9-10,13-14H,7-8,11-12H2,1-2H3,(H,19,22)/t13-,14+. The number of anilines is 1. The first-order valence-corrected chi connectivity index (χ1v) is 9.17. The predicted octanol–water partition coefficient (Wildman–Crippen LogP) is 2.73. The summed E-state index contributed by atoms with van der Waals surface area (Å²) in [5.41, 5.74) is 0.597. The van der Waals surface area contributed by atoms with Gasteiger partial charge in [-0.2, -0.15) is 0 Å². The Kier molecular flexibility index (Phi) is 5.48. The first-order valence-electron chi connectivity index (χ1n) is 8.29. The van der Waals surface area contributed by atoms with E-state index in [2.05, 4.69) is 35.1 Å². The van der Waals surface area contributed by atoms with E-state index >= 15 is 0 Å². The zero-order valence-corrected chi connectivity index (χ0v) is 14.9. The molecule has 24 heavy (non-hydrogen) atoms. The van der Waals surface area contributed by atoms with Crippen molar-refractivity contribution in [2.24, 2.45) is 0 Å². The van der Waals surface area contributed by atoms with E-state index in [9.17, 15) is 4.79 Å². The summed E-state index contributed by atoms with van der Waals surface area (Å²) in [6, 6.07) is 7.86. The lowest BCUT2D eigenvalue weighted by Gasteiger charge is -2.36. The third-order valence-electron chi connectivity index (χ3n) is 3.99. The van der Waals surface area contributed by atoms with Crippen LogP contribution in [0, 0.1) is 0 Å². The first-order chi connectivity index (χ1) is 11.6. The molecule has 128 valence electrons. The highest BCUT2D eigenvalue weighted by molar-refractivity contribution is 7.09. The molecule has 2 aromatic rings. The van der Waals surface area contributed by atoms with Gasteiger partial charge in [-0.05, 0) is 43.8 Å². The van der Waals surface area contributed by atoms with Crippen LogP contribution in [0.1, 0.15) is 29.1 Å². The van der Waals surface area contributed by atoms with Gasteiger partial charge in [0.15, 0.2) is 0 Å². The van der Waals surface area contributed by atoms with E-state index in [1.54, 1.807) is 17.5 Å². The zero-order valence-electron chi connectivity index (χ0n) is 14.1. The van der Waals surface area contributed by atoms with E-state index < -0.39 is 0 Å². The highest BCUT2D eigenvalue weighted by Gasteiger charge is 2.23. The molecule has 2 aromatic heterocycles. The number of nitrogens with one attached hydrogen (secondary N) is 1. The highest BCUT2D eigenvalue weighted by atomic mass is 32.1. The van der Waals surface area contributed by atoms with Gasteiger partial charge in [0.25, 0.3) is 5.91 Å². The Morgan fingerprint density at radius 2 is 2.12 bits per heavy atom. The fourth-order valence-electron chi connectivity index (χ4n) is 2.93. The lowest BCUT2D eigenvalue weighted by molar-refractivity contribution is -0.00546. The van der Waals surface area contributed by atoms with E-state index in [-0.39, 0.29) is 18.1 Å². The van der Waals surface area contributed by atoms with Crippen LogP contribution in [0.25, 0.3) is 0 Å². The van der Waals surface area contributed by atoms with E-state index in [1.807, 2.05) is 23.6 Å². The molecule has 1 aliphatic rings. The van der Waals surface area contributed by atoms with Crippen molar-refractivity contribution >= 4 is 23.1 Å². The van der Waals surface area contributed by atoms with Crippen LogP contribution in [0.3, 0.4) is 0 Å². The second kappa shape index (κ2) is 7.77. The minimum atomic E-state index is -0.0747. The number of pyridine rings is 1. The first kappa shape index (κ1) is 16.9. The molecule has 3 heterocycles. The van der Waals surface area contributed by atoms with E-state index in [0.717, 1.165) is 25.3 Å². The summed E-state index contributed by atoms with van der Waals surface area (Å²) >= 11 is 1.71. The van der Waals surface area contributed by atoms with Gasteiger partial charge in [-0.15, -0.1) is 11.3 Å². The molecule has 0 unspecified atom stereocenters. The van der Waals surface area contributed by atoms with Gasteiger partial charge in [0.1, 0.15) is 5.82 Å². The summed E-state index contributed by atoms with van der Waals surface area (Å²) in [6.45, 7) is 6.42. The van der Waals surface area contributed by atoms with Crippen molar-refractivity contribution in [3.05, 3.63) is 46.3 Å². The summed E-state index contributed by atoms with van der Waals surface area (Å²) in [6.07, 6.45) is 2.89. The molecule has 1 N–H and O–H groups in total. The van der Waals surface area contributed by atoms with Crippen LogP contribution in [0.2, 0.25) is 0 Å². The van der Waals surface area contributed by atoms with Crippen LogP contribution in [0.4, 0.5) is 5.82 Å². The average molecular weight is 345 g/mol. The molecule has 1 fully saturated rings. The Labute approximate surface area is 146 Å². The smallest absolute Gasteiger partial charge is 0.252 e. The van der Waals surface area contributed by atoms with Crippen molar-refractivity contribution in [3.63, 3.8) is 0 Å². The number of hydrogen-bond donors (Lipinski definition) is 1. The van der Waals surface area contributed by atoms with Crippen molar-refractivity contribution in [1.29, 1.82) is 0 Å². The maximum atomic E-state index is 12.2. The van der Waals surface area contributed by atoms with Crippen LogP contribution < -0.4 is 10.2 Å². The average Bonchev–Trinajstić information content (AvgIpc) is 3.07. The van der Waals surface area contributed by atoms with Crippen LogP contribution in [-0.2, 0) is 11.2 Å². The Bertz CT molecular complexity index is 647. The highest BCUT2D eigenvalue weighted by Crippen LogP contribution is 2.18. The Hall–Kier alpha value is -1.92. The lowest BCUT2D eigenvalue weighted by Crippen LogP contribution is -2.45. The maximum absolute atomic E-state index is 12.2. The fraction of sp³-hybridized carbons (Fsp3) is 0.444. The maximum Gasteiger partial charge on any atom is 0.252 e. The van der Waals surface area contributed by atoms with Crippen molar-refractivity contribution in [2.75, 3.05) is 24.5 Å². The number of nitrogens with zero attached hydrogens (tertiary/aromatic N) is 2. The second-order valence-electron chi connectivity index (χ2n) is 6.15. The number of aromatic nitrogens is 1. The van der Waals surface area contributed by atoms with Crippen LogP contribution >= 0.6 is 11.3 Å². The van der Waals surface area contributed by atoms with Gasteiger partial charge in [-0.1, -0.05) is 6.07 Å². The number of rotatable bonds is 5. The molecule has 3 rings (SSSR count). The molecule has 0 saturated carbocycles. The molecule has 5 nitrogen and oxygen atoms in total. The van der Waals surface area contributed by atoms with Crippen LogP contribution in [0.5, 0.6) is 0 Å². The number of morpholine rings is 1. The van der Waals surface area contributed by atoms with Crippen molar-refractivity contribution in [3.8, 4) is 0 Å². The normalized spacial score (nSPS) is 20.8. The van der Waals surface area contributed by atoms with Crippen LogP contribution in [-0.4, -0.2) is 42.7 Å². The molecule has 0 radical (unpaired) electrons. The third kappa shape index (κ3) is 4.33. The van der Waals surface area contributed by atoms with Crippen molar-refractivity contribution < 1.29 is 9.53 Å². The SMILES string of the molecule is C[C@@H]1CN(c2ccc(C(=O)NCCc3cccs3)cn2)C[C@H](C)O1. The molecular weight excluding hydrogens is 322 g/mol. The van der Waals surface area contributed by atoms with Gasteiger partial charge < -0.3 is 15.0 Å². The number of thiophene rings is 1. The van der Waals surface area contributed by atoms with Crippen LogP contribution in [0.15, 0.2) is 35.8 Å². The minimum absolute atomic E-state index is 0.0747. The molecule has 0 aliphatic carbocycles. The van der Waals surface area contributed by atoms with E-state index in [4.69, 9.17) is 4.74 Å². The molecule has 2 atom stereocenters. The molecule has 0 aromatic carbocycles. The minimum Gasteiger partial charge on any atom is -0.372 e. The van der Waals surface area contributed by atoms with Gasteiger partial charge in [-0.25, -0.2) is 4.98 Å². The summed E-state index contributed by atoms with van der Waals surface area (Å²) in [5.74, 6) is 0.821. The number of hydrogen-bond acceptors (Lipinski definition) is 5. The number of amides is 1. The lowest BCUT2D eigenvalue weighted by atomic mass is 10.2.